The van der Waals surface area contributed by atoms with E-state index in [1.165, 1.54) is 20.0 Å². The van der Waals surface area contributed by atoms with Crippen molar-refractivity contribution in [1.29, 1.82) is 0 Å². The molecule has 1 aliphatic rings. The highest BCUT2D eigenvalue weighted by Gasteiger charge is 2.38. The van der Waals surface area contributed by atoms with Gasteiger partial charge in [0.25, 0.3) is 5.79 Å². The minimum absolute atomic E-state index is 0.167. The average Bonchev–Trinajstić information content (AvgIpc) is 2.79. The highest BCUT2D eigenvalue weighted by molar-refractivity contribution is 6.15. The van der Waals surface area contributed by atoms with Crippen LogP contribution < -0.4 is 5.32 Å². The number of para-hydroxylation sites is 1. The highest BCUT2D eigenvalue weighted by Crippen LogP contribution is 2.26. The molecular weight excluding hydrogens is 284 g/mol. The smallest absolute Gasteiger partial charge is 0.350 e. The van der Waals surface area contributed by atoms with Crippen molar-refractivity contribution in [3.05, 3.63) is 41.7 Å². The summed E-state index contributed by atoms with van der Waals surface area (Å²) in [7, 11) is 0. The zero-order valence-electron chi connectivity index (χ0n) is 12.5. The Labute approximate surface area is 127 Å². The first-order valence-corrected chi connectivity index (χ1v) is 6.87. The molecule has 114 valence electrons. The molecule has 6 nitrogen and oxygen atoms in total. The largest absolute Gasteiger partial charge is 0.419 e. The molecule has 3 rings (SSSR count). The Hall–Kier alpha value is -2.76. The molecule has 0 spiro atoms. The molecule has 0 unspecified atom stereocenters. The van der Waals surface area contributed by atoms with Gasteiger partial charge in [0.1, 0.15) is 0 Å². The van der Waals surface area contributed by atoms with Crippen LogP contribution in [0.25, 0.3) is 10.9 Å². The lowest BCUT2D eigenvalue weighted by Gasteiger charge is -2.29. The van der Waals surface area contributed by atoms with Crippen molar-refractivity contribution in [2.75, 3.05) is 5.32 Å². The third-order valence-electron chi connectivity index (χ3n) is 3.41. The number of rotatable bonds is 2. The number of carbonyl (C=O) groups excluding carboxylic acids is 2. The number of esters is 2. The summed E-state index contributed by atoms with van der Waals surface area (Å²) >= 11 is 0. The Bertz CT molecular complexity index is 780. The van der Waals surface area contributed by atoms with Crippen molar-refractivity contribution in [3.63, 3.8) is 0 Å². The number of carbonyl (C=O) groups is 2. The molecule has 0 saturated carbocycles. The molecular formula is C16H16N2O4. The lowest BCUT2D eigenvalue weighted by molar-refractivity contribution is -0.222. The topological polar surface area (TPSA) is 80.4 Å². The van der Waals surface area contributed by atoms with Crippen LogP contribution in [0.3, 0.4) is 0 Å². The van der Waals surface area contributed by atoms with Gasteiger partial charge in [-0.2, -0.15) is 0 Å². The number of benzene rings is 1. The number of anilines is 1. The molecule has 1 aromatic heterocycles. The zero-order valence-corrected chi connectivity index (χ0v) is 12.5. The molecule has 1 aliphatic heterocycles. The molecule has 6 heteroatoms. The summed E-state index contributed by atoms with van der Waals surface area (Å²) in [6.45, 7) is 5.02. The fourth-order valence-corrected chi connectivity index (χ4v) is 2.34. The van der Waals surface area contributed by atoms with Gasteiger partial charge in [-0.05, 0) is 18.6 Å². The van der Waals surface area contributed by atoms with Crippen molar-refractivity contribution in [3.8, 4) is 0 Å². The van der Waals surface area contributed by atoms with Crippen LogP contribution in [0.2, 0.25) is 0 Å². The molecule has 1 fully saturated rings. The monoisotopic (exact) mass is 300 g/mol. The zero-order chi connectivity index (χ0) is 15.9. The summed E-state index contributed by atoms with van der Waals surface area (Å²) in [5.74, 6) is -2.64. The predicted molar refractivity (Wildman–Crippen MR) is 81.0 cm³/mol. The molecule has 1 saturated heterocycles. The molecule has 22 heavy (non-hydrogen) atoms. The minimum atomic E-state index is -1.23. The van der Waals surface area contributed by atoms with Crippen LogP contribution in [-0.2, 0) is 19.1 Å². The summed E-state index contributed by atoms with van der Waals surface area (Å²) in [6.07, 6.45) is 3.21. The van der Waals surface area contributed by atoms with E-state index in [9.17, 15) is 9.59 Å². The highest BCUT2D eigenvalue weighted by atomic mass is 16.7. The normalized spacial score (nSPS) is 17.1. The van der Waals surface area contributed by atoms with Crippen LogP contribution >= 0.6 is 0 Å². The van der Waals surface area contributed by atoms with Crippen LogP contribution in [0, 0.1) is 6.92 Å². The number of H-pyrrole nitrogens is 1. The summed E-state index contributed by atoms with van der Waals surface area (Å²) < 4.78 is 10.1. The Kier molecular flexibility index (Phi) is 3.16. The molecule has 1 aromatic carbocycles. The van der Waals surface area contributed by atoms with Gasteiger partial charge in [-0.15, -0.1) is 0 Å². The van der Waals surface area contributed by atoms with E-state index in [2.05, 4.69) is 10.3 Å². The second-order valence-electron chi connectivity index (χ2n) is 5.58. The third-order valence-corrected chi connectivity index (χ3v) is 3.41. The lowest BCUT2D eigenvalue weighted by atomic mass is 10.1. The van der Waals surface area contributed by atoms with Crippen molar-refractivity contribution >= 4 is 28.5 Å². The van der Waals surface area contributed by atoms with Gasteiger partial charge >= 0.3 is 11.9 Å². The number of cyclic esters (lactones) is 2. The van der Waals surface area contributed by atoms with Crippen LogP contribution in [0.4, 0.5) is 5.69 Å². The number of fused-ring (bicyclic) bond motifs is 1. The number of aromatic nitrogens is 1. The molecule has 2 N–H and O–H groups in total. The molecule has 0 aliphatic carbocycles. The Morgan fingerprint density at radius 2 is 1.86 bits per heavy atom. The van der Waals surface area contributed by atoms with E-state index in [-0.39, 0.29) is 5.57 Å². The van der Waals surface area contributed by atoms with Crippen LogP contribution in [0.5, 0.6) is 0 Å². The van der Waals surface area contributed by atoms with Crippen LogP contribution in [0.1, 0.15) is 19.4 Å². The molecule has 2 heterocycles. The van der Waals surface area contributed by atoms with Crippen LogP contribution in [-0.4, -0.2) is 22.7 Å². The summed E-state index contributed by atoms with van der Waals surface area (Å²) in [4.78, 5) is 26.9. The number of hydrogen-bond acceptors (Lipinski definition) is 5. The fourth-order valence-electron chi connectivity index (χ4n) is 2.34. The molecule has 0 radical (unpaired) electrons. The SMILES string of the molecule is Cc1c[nH]c2c(NC=C3C(=O)OC(C)(C)OC3=O)cccc12. The Morgan fingerprint density at radius 1 is 1.18 bits per heavy atom. The number of aromatic amines is 1. The lowest BCUT2D eigenvalue weighted by Crippen LogP contribution is -2.42. The van der Waals surface area contributed by atoms with E-state index >= 15 is 0 Å². The number of aryl methyl sites for hydroxylation is 1. The Morgan fingerprint density at radius 3 is 2.55 bits per heavy atom. The fraction of sp³-hybridized carbons (Fsp3) is 0.250. The van der Waals surface area contributed by atoms with Gasteiger partial charge in [0.2, 0.25) is 0 Å². The van der Waals surface area contributed by atoms with Crippen molar-refractivity contribution < 1.29 is 19.1 Å². The Balaban J connectivity index is 1.90. The molecule has 0 amide bonds. The minimum Gasteiger partial charge on any atom is -0.419 e. The number of ether oxygens (including phenoxy) is 2. The van der Waals surface area contributed by atoms with Crippen LogP contribution in [0.15, 0.2) is 36.2 Å². The maximum atomic E-state index is 11.9. The van der Waals surface area contributed by atoms with E-state index in [0.29, 0.717) is 0 Å². The number of hydrogen-bond donors (Lipinski definition) is 2. The molecule has 2 aromatic rings. The van der Waals surface area contributed by atoms with Crippen molar-refractivity contribution in [1.82, 2.24) is 4.98 Å². The van der Waals surface area contributed by atoms with E-state index in [4.69, 9.17) is 9.47 Å². The number of nitrogens with one attached hydrogen (secondary N) is 2. The second kappa shape index (κ2) is 4.91. The molecule has 0 bridgehead atoms. The van der Waals surface area contributed by atoms with Gasteiger partial charge in [0.05, 0.1) is 11.2 Å². The van der Waals surface area contributed by atoms with Gasteiger partial charge in [0, 0.05) is 31.6 Å². The summed E-state index contributed by atoms with van der Waals surface area (Å²) in [5.41, 5.74) is 2.60. The van der Waals surface area contributed by atoms with E-state index in [1.807, 2.05) is 31.3 Å². The van der Waals surface area contributed by atoms with Crippen molar-refractivity contribution in [2.45, 2.75) is 26.6 Å². The first-order valence-electron chi connectivity index (χ1n) is 6.87. The van der Waals surface area contributed by atoms with Gasteiger partial charge in [-0.25, -0.2) is 9.59 Å². The predicted octanol–water partition coefficient (Wildman–Crippen LogP) is 2.61. The van der Waals surface area contributed by atoms with E-state index in [0.717, 1.165) is 22.2 Å². The average molecular weight is 300 g/mol. The summed E-state index contributed by atoms with van der Waals surface area (Å²) in [5, 5.41) is 4.03. The quantitative estimate of drug-likeness (QED) is 0.506. The first kappa shape index (κ1) is 14.2. The maximum Gasteiger partial charge on any atom is 0.350 e. The van der Waals surface area contributed by atoms with Gasteiger partial charge < -0.3 is 19.8 Å². The molecule has 0 atom stereocenters. The van der Waals surface area contributed by atoms with Gasteiger partial charge in [-0.1, -0.05) is 12.1 Å². The van der Waals surface area contributed by atoms with E-state index in [1.54, 1.807) is 0 Å². The maximum absolute atomic E-state index is 11.9. The van der Waals surface area contributed by atoms with E-state index < -0.39 is 17.7 Å². The first-order chi connectivity index (χ1) is 10.4. The van der Waals surface area contributed by atoms with Gasteiger partial charge in [0.15, 0.2) is 5.57 Å². The van der Waals surface area contributed by atoms with Gasteiger partial charge in [-0.3, -0.25) is 0 Å². The third kappa shape index (κ3) is 2.43. The van der Waals surface area contributed by atoms with Crippen molar-refractivity contribution in [2.24, 2.45) is 0 Å². The second-order valence-corrected chi connectivity index (χ2v) is 5.58. The summed E-state index contributed by atoms with van der Waals surface area (Å²) in [6, 6.07) is 5.73. The standard InChI is InChI=1S/C16H16N2O4/c1-9-7-18-13-10(9)5-4-6-12(13)17-8-11-14(19)21-16(2,3)22-15(11)20/h4-8,17-18H,1-3H3.